The third kappa shape index (κ3) is 9.03. The quantitative estimate of drug-likeness (QED) is 0.187. The van der Waals surface area contributed by atoms with E-state index in [1.165, 1.54) is 24.1 Å². The number of anilines is 2. The number of aromatic nitrogens is 4. The SMILES string of the molecule is Cc1cc2[nH]ncc2c(N2CCc3c(N)nc(OC[C@@H]4CCCN4C)nc3C2)c1C(F)(F)F.S.S.[C-]#[N+]C[C@@H](C)N(CC)C(=O)C(=C)F. The first-order valence-corrected chi connectivity index (χ1v) is 15.0. The van der Waals surface area contributed by atoms with Crippen molar-refractivity contribution >= 4 is 55.3 Å². The summed E-state index contributed by atoms with van der Waals surface area (Å²) in [5.74, 6) is -1.37. The van der Waals surface area contributed by atoms with Crippen molar-refractivity contribution in [3.8, 4) is 6.01 Å². The average Bonchev–Trinajstić information content (AvgIpc) is 3.63. The summed E-state index contributed by atoms with van der Waals surface area (Å²) in [7, 11) is 2.05. The fourth-order valence-electron chi connectivity index (χ4n) is 5.99. The molecule has 264 valence electrons. The van der Waals surface area contributed by atoms with E-state index in [2.05, 4.69) is 43.5 Å². The summed E-state index contributed by atoms with van der Waals surface area (Å²) in [4.78, 5) is 28.4. The van der Waals surface area contributed by atoms with E-state index < -0.39 is 23.5 Å². The van der Waals surface area contributed by atoms with Gasteiger partial charge in [0.25, 0.3) is 5.91 Å². The normalized spacial score (nSPS) is 16.4. The average molecular weight is 714 g/mol. The molecule has 1 fully saturated rings. The van der Waals surface area contributed by atoms with Crippen LogP contribution < -0.4 is 15.4 Å². The molecule has 2 atom stereocenters. The first kappa shape index (κ1) is 40.4. The molecule has 0 bridgehead atoms. The van der Waals surface area contributed by atoms with Gasteiger partial charge in [-0.1, -0.05) is 6.58 Å². The van der Waals surface area contributed by atoms with Crippen LogP contribution in [0.2, 0.25) is 0 Å². The number of nitrogens with two attached hydrogens (primary N) is 1. The summed E-state index contributed by atoms with van der Waals surface area (Å²) in [5.41, 5.74) is 7.71. The molecule has 11 nitrogen and oxygen atoms in total. The smallest absolute Gasteiger partial charge is 0.418 e. The third-order valence-corrected chi connectivity index (χ3v) is 8.39. The molecule has 4 heterocycles. The molecule has 48 heavy (non-hydrogen) atoms. The van der Waals surface area contributed by atoms with Gasteiger partial charge in [-0.15, -0.1) is 0 Å². The van der Waals surface area contributed by atoms with Gasteiger partial charge in [-0.2, -0.15) is 55.2 Å². The lowest BCUT2D eigenvalue weighted by Crippen LogP contribution is -2.40. The van der Waals surface area contributed by atoms with Gasteiger partial charge in [0.05, 0.1) is 35.2 Å². The van der Waals surface area contributed by atoms with Gasteiger partial charge in [0.1, 0.15) is 18.5 Å². The highest BCUT2D eigenvalue weighted by molar-refractivity contribution is 7.59. The van der Waals surface area contributed by atoms with Gasteiger partial charge in [0.15, 0.2) is 5.83 Å². The van der Waals surface area contributed by atoms with E-state index in [-0.39, 0.29) is 63.4 Å². The molecule has 2 aliphatic rings. The van der Waals surface area contributed by atoms with Crippen molar-refractivity contribution in [1.82, 2.24) is 30.0 Å². The number of carbonyl (C=O) groups is 1. The predicted molar refractivity (Wildman–Crippen MR) is 188 cm³/mol. The first-order valence-electron chi connectivity index (χ1n) is 15.0. The molecule has 17 heteroatoms. The number of alkyl halides is 3. The van der Waals surface area contributed by atoms with Crippen molar-refractivity contribution in [2.45, 2.75) is 64.8 Å². The van der Waals surface area contributed by atoms with Crippen molar-refractivity contribution in [3.63, 3.8) is 0 Å². The zero-order valence-electron chi connectivity index (χ0n) is 27.4. The molecule has 0 saturated carbocycles. The van der Waals surface area contributed by atoms with Gasteiger partial charge in [-0.25, -0.2) is 11.0 Å². The molecule has 0 radical (unpaired) electrons. The number of likely N-dealkylation sites (tertiary alicyclic amines) is 1. The molecule has 5 rings (SSSR count). The molecule has 0 aliphatic carbocycles. The number of nitrogens with one attached hydrogen (secondary N) is 1. The lowest BCUT2D eigenvalue weighted by molar-refractivity contribution is -0.137. The second-order valence-electron chi connectivity index (χ2n) is 11.5. The van der Waals surface area contributed by atoms with E-state index in [4.69, 9.17) is 17.0 Å². The highest BCUT2D eigenvalue weighted by Gasteiger charge is 2.39. The van der Waals surface area contributed by atoms with E-state index in [0.717, 1.165) is 24.9 Å². The molecule has 3 N–H and O–H groups in total. The van der Waals surface area contributed by atoms with Crippen LogP contribution in [0.3, 0.4) is 0 Å². The number of amides is 1. The van der Waals surface area contributed by atoms with Crippen molar-refractivity contribution < 1.29 is 27.1 Å². The van der Waals surface area contributed by atoms with Crippen LogP contribution in [0.5, 0.6) is 6.01 Å². The Balaban J connectivity index is 0.000000459. The molecule has 1 amide bonds. The lowest BCUT2D eigenvalue weighted by Gasteiger charge is -2.33. The number of H-pyrrole nitrogens is 1. The number of fused-ring (bicyclic) bond motifs is 2. The second-order valence-corrected chi connectivity index (χ2v) is 11.5. The molecule has 1 saturated heterocycles. The minimum atomic E-state index is -4.50. The molecule has 0 spiro atoms. The lowest BCUT2D eigenvalue weighted by atomic mass is 9.98. The monoisotopic (exact) mass is 713 g/mol. The standard InChI is InChI=1S/C22H26F3N7O.C9H13FN2O.2H2S/c1-12-8-16-15(9-27-30-16)19(18(12)22(23,24)25)32-7-5-14-17(10-32)28-21(29-20(14)26)33-11-13-4-3-6-31(13)2;1-5-12(7(2)6-11-4)9(13)8(3)10;;/h8-9,13H,3-7,10-11H2,1-2H3,(H,27,30)(H2,26,28,29);7H,3,5-6H2,1-2H3;2*1H2/t13-;7-;;/m01../s1. The summed E-state index contributed by atoms with van der Waals surface area (Å²) < 4.78 is 60.5. The van der Waals surface area contributed by atoms with Gasteiger partial charge in [0, 0.05) is 30.1 Å². The maximum absolute atomic E-state index is 14.1. The summed E-state index contributed by atoms with van der Waals surface area (Å²) in [6.45, 7) is 17.1. The Hall–Kier alpha value is -3.75. The third-order valence-electron chi connectivity index (χ3n) is 8.39. The van der Waals surface area contributed by atoms with Crippen molar-refractivity contribution in [2.75, 3.05) is 50.5 Å². The molecular formula is C31H43F4N9O2S2. The highest BCUT2D eigenvalue weighted by Crippen LogP contribution is 2.44. The van der Waals surface area contributed by atoms with Gasteiger partial charge in [-0.3, -0.25) is 9.89 Å². The van der Waals surface area contributed by atoms with Crippen LogP contribution in [-0.4, -0.2) is 87.8 Å². The van der Waals surface area contributed by atoms with Gasteiger partial charge in [0.2, 0.25) is 6.54 Å². The number of hydrogen-bond acceptors (Lipinski definition) is 8. The van der Waals surface area contributed by atoms with Crippen molar-refractivity contribution in [1.29, 1.82) is 0 Å². The molecule has 0 unspecified atom stereocenters. The van der Waals surface area contributed by atoms with Crippen molar-refractivity contribution in [2.24, 2.45) is 0 Å². The maximum atomic E-state index is 14.1. The van der Waals surface area contributed by atoms with Crippen LogP contribution in [-0.2, 0) is 23.9 Å². The van der Waals surface area contributed by atoms with Crippen LogP contribution in [0, 0.1) is 13.5 Å². The Labute approximate surface area is 291 Å². The minimum absolute atomic E-state index is 0. The zero-order chi connectivity index (χ0) is 33.8. The Bertz CT molecular complexity index is 1630. The number of halogens is 4. The van der Waals surface area contributed by atoms with Gasteiger partial charge >= 0.3 is 12.2 Å². The number of nitrogens with zero attached hydrogens (tertiary/aromatic N) is 7. The summed E-state index contributed by atoms with van der Waals surface area (Å²) in [5, 5.41) is 7.19. The number of benzene rings is 1. The number of nitrogen functional groups attached to an aromatic ring is 1. The Morgan fingerprint density at radius 2 is 2.02 bits per heavy atom. The van der Waals surface area contributed by atoms with E-state index in [1.807, 2.05) is 0 Å². The van der Waals surface area contributed by atoms with E-state index in [0.29, 0.717) is 54.6 Å². The summed E-state index contributed by atoms with van der Waals surface area (Å²) >= 11 is 0. The Morgan fingerprint density at radius 1 is 1.31 bits per heavy atom. The van der Waals surface area contributed by atoms with E-state index >= 15 is 0 Å². The Kier molecular flexibility index (Phi) is 14.4. The first-order chi connectivity index (χ1) is 21.8. The largest absolute Gasteiger partial charge is 0.462 e. The number of aryl methyl sites for hydroxylation is 1. The predicted octanol–water partition coefficient (Wildman–Crippen LogP) is 5.15. The number of rotatable bonds is 8. The molecular weight excluding hydrogens is 671 g/mol. The fraction of sp³-hybridized carbons (Fsp3) is 0.516. The molecule has 3 aromatic rings. The number of aromatic amines is 1. The van der Waals surface area contributed by atoms with Gasteiger partial charge < -0.3 is 30.0 Å². The van der Waals surface area contributed by atoms with Crippen LogP contribution in [0.25, 0.3) is 15.7 Å². The number of likely N-dealkylation sites (N-methyl/N-ethyl adjacent to an activating group) is 2. The van der Waals surface area contributed by atoms with Crippen LogP contribution in [0.4, 0.5) is 29.1 Å². The topological polar surface area (TPSA) is 121 Å². The molecule has 2 aliphatic heterocycles. The number of hydrogen-bond donors (Lipinski definition) is 2. The zero-order valence-corrected chi connectivity index (χ0v) is 29.4. The Morgan fingerprint density at radius 3 is 2.60 bits per heavy atom. The van der Waals surface area contributed by atoms with Crippen LogP contribution >= 0.6 is 27.0 Å². The number of carbonyl (C=O) groups excluding carboxylic acids is 1. The van der Waals surface area contributed by atoms with Crippen LogP contribution in [0.15, 0.2) is 24.7 Å². The van der Waals surface area contributed by atoms with Gasteiger partial charge in [-0.05, 0) is 65.3 Å². The van der Waals surface area contributed by atoms with Crippen LogP contribution in [0.1, 0.15) is 49.1 Å². The molecule has 1 aromatic carbocycles. The highest BCUT2D eigenvalue weighted by atomic mass is 32.1. The second kappa shape index (κ2) is 17.1. The molecule has 2 aromatic heterocycles. The fourth-order valence-corrected chi connectivity index (χ4v) is 5.99. The summed E-state index contributed by atoms with van der Waals surface area (Å²) in [6, 6.07) is 1.68. The van der Waals surface area contributed by atoms with E-state index in [9.17, 15) is 22.4 Å². The maximum Gasteiger partial charge on any atom is 0.418 e. The number of ether oxygens (including phenoxy) is 1. The summed E-state index contributed by atoms with van der Waals surface area (Å²) in [6.07, 6.45) is -0.461. The van der Waals surface area contributed by atoms with Crippen molar-refractivity contribution in [3.05, 3.63) is 58.5 Å². The van der Waals surface area contributed by atoms with E-state index in [1.54, 1.807) is 18.7 Å². The minimum Gasteiger partial charge on any atom is -0.462 e.